The highest BCUT2D eigenvalue weighted by atomic mass is 19.2. The average molecular weight is 450 g/mol. The normalized spacial score (nSPS) is 13.5. The fourth-order valence-electron chi connectivity index (χ4n) is 3.89. The maximum absolute atomic E-state index is 13.6. The molecule has 0 spiro atoms. The van der Waals surface area contributed by atoms with Crippen molar-refractivity contribution in [3.05, 3.63) is 102 Å². The van der Waals surface area contributed by atoms with Crippen molar-refractivity contribution in [3.8, 4) is 0 Å². The van der Waals surface area contributed by atoms with Crippen LogP contribution in [0, 0.1) is 11.6 Å². The highest BCUT2D eigenvalue weighted by molar-refractivity contribution is 5.96. The van der Waals surface area contributed by atoms with Crippen LogP contribution >= 0.6 is 0 Å². The molecule has 0 bridgehead atoms. The van der Waals surface area contributed by atoms with Crippen LogP contribution in [0.3, 0.4) is 0 Å². The molecule has 0 aromatic heterocycles. The molecule has 1 heterocycles. The molecule has 7 heteroatoms. The molecule has 0 atom stereocenters. The molecular weight excluding hydrogens is 424 g/mol. The van der Waals surface area contributed by atoms with Crippen LogP contribution in [0.1, 0.15) is 11.1 Å². The molecule has 170 valence electrons. The maximum atomic E-state index is 13.6. The van der Waals surface area contributed by atoms with E-state index in [1.807, 2.05) is 60.7 Å². The lowest BCUT2D eigenvalue weighted by Gasteiger charge is -2.26. The topological polar surface area (TPSA) is 43.9 Å². The number of carbonyl (C=O) groups excluding carboxylic acids is 2. The first-order valence-corrected chi connectivity index (χ1v) is 10.9. The second-order valence-corrected chi connectivity index (χ2v) is 7.99. The zero-order valence-electron chi connectivity index (χ0n) is 18.2. The number of hydrogen-bond donors (Lipinski definition) is 0. The molecule has 5 nitrogen and oxygen atoms in total. The molecule has 3 aromatic rings. The standard InChI is InChI=1S/C26H25F2N3O2/c27-23-12-11-22(17-24(23)28)31-16-15-30(26(31)33)19-25(32)29(18-21-9-5-2-6-10-21)14-13-20-7-3-1-4-8-20/h1-12,17H,13-16,18-19H2. The monoisotopic (exact) mass is 449 g/mol. The summed E-state index contributed by atoms with van der Waals surface area (Å²) >= 11 is 0. The summed E-state index contributed by atoms with van der Waals surface area (Å²) < 4.78 is 26.9. The van der Waals surface area contributed by atoms with E-state index in [4.69, 9.17) is 0 Å². The lowest BCUT2D eigenvalue weighted by molar-refractivity contribution is -0.132. The van der Waals surface area contributed by atoms with E-state index in [0.717, 1.165) is 23.3 Å². The fourth-order valence-corrected chi connectivity index (χ4v) is 3.89. The van der Waals surface area contributed by atoms with Crippen molar-refractivity contribution in [3.63, 3.8) is 0 Å². The zero-order chi connectivity index (χ0) is 23.2. The molecule has 0 radical (unpaired) electrons. The van der Waals surface area contributed by atoms with Gasteiger partial charge in [-0.15, -0.1) is 0 Å². The van der Waals surface area contributed by atoms with Crippen molar-refractivity contribution in [1.29, 1.82) is 0 Å². The van der Waals surface area contributed by atoms with Crippen LogP contribution < -0.4 is 4.90 Å². The number of benzene rings is 3. The Morgan fingerprint density at radius 1 is 0.848 bits per heavy atom. The molecule has 1 aliphatic heterocycles. The number of carbonyl (C=O) groups is 2. The lowest BCUT2D eigenvalue weighted by Crippen LogP contribution is -2.42. The summed E-state index contributed by atoms with van der Waals surface area (Å²) in [6.07, 6.45) is 0.703. The molecular formula is C26H25F2N3O2. The Morgan fingerprint density at radius 3 is 2.18 bits per heavy atom. The maximum Gasteiger partial charge on any atom is 0.325 e. The van der Waals surface area contributed by atoms with Gasteiger partial charge in [0.2, 0.25) is 5.91 Å². The van der Waals surface area contributed by atoms with E-state index in [1.54, 1.807) is 4.90 Å². The molecule has 4 rings (SSSR count). The Morgan fingerprint density at radius 2 is 1.52 bits per heavy atom. The Bertz CT molecular complexity index is 1110. The molecule has 33 heavy (non-hydrogen) atoms. The van der Waals surface area contributed by atoms with Gasteiger partial charge in [-0.25, -0.2) is 13.6 Å². The van der Waals surface area contributed by atoms with E-state index in [1.165, 1.54) is 15.9 Å². The van der Waals surface area contributed by atoms with Crippen LogP contribution in [0.2, 0.25) is 0 Å². The van der Waals surface area contributed by atoms with Crippen LogP contribution in [0.4, 0.5) is 19.3 Å². The van der Waals surface area contributed by atoms with Crippen molar-refractivity contribution in [2.75, 3.05) is 31.1 Å². The minimum Gasteiger partial charge on any atom is -0.337 e. The van der Waals surface area contributed by atoms with Crippen molar-refractivity contribution in [2.24, 2.45) is 0 Å². The van der Waals surface area contributed by atoms with Gasteiger partial charge in [-0.1, -0.05) is 60.7 Å². The third-order valence-electron chi connectivity index (χ3n) is 5.72. The lowest BCUT2D eigenvalue weighted by atomic mass is 10.1. The number of urea groups is 1. The number of halogens is 2. The smallest absolute Gasteiger partial charge is 0.325 e. The number of hydrogen-bond acceptors (Lipinski definition) is 2. The molecule has 1 saturated heterocycles. The number of rotatable bonds is 8. The Hall–Kier alpha value is -3.74. The molecule has 3 amide bonds. The van der Waals surface area contributed by atoms with E-state index in [-0.39, 0.29) is 18.1 Å². The van der Waals surface area contributed by atoms with Gasteiger partial charge in [-0.05, 0) is 29.7 Å². The van der Waals surface area contributed by atoms with Crippen molar-refractivity contribution in [2.45, 2.75) is 13.0 Å². The highest BCUT2D eigenvalue weighted by Gasteiger charge is 2.32. The molecule has 1 aliphatic rings. The van der Waals surface area contributed by atoms with Crippen LogP contribution in [-0.2, 0) is 17.8 Å². The Kier molecular flexibility index (Phi) is 6.98. The third kappa shape index (κ3) is 5.55. The second kappa shape index (κ2) is 10.3. The Balaban J connectivity index is 1.44. The summed E-state index contributed by atoms with van der Waals surface area (Å²) in [6, 6.07) is 22.6. The number of anilines is 1. The van der Waals surface area contributed by atoms with E-state index < -0.39 is 17.7 Å². The fraction of sp³-hybridized carbons (Fsp3) is 0.231. The number of amides is 3. The first kappa shape index (κ1) is 22.5. The van der Waals surface area contributed by atoms with Gasteiger partial charge < -0.3 is 9.80 Å². The SMILES string of the molecule is O=C(CN1CCN(c2ccc(F)c(F)c2)C1=O)N(CCc1ccccc1)Cc1ccccc1. The first-order valence-electron chi connectivity index (χ1n) is 10.9. The van der Waals surface area contributed by atoms with Gasteiger partial charge in [0.15, 0.2) is 11.6 Å². The van der Waals surface area contributed by atoms with E-state index >= 15 is 0 Å². The van der Waals surface area contributed by atoms with E-state index in [0.29, 0.717) is 32.6 Å². The van der Waals surface area contributed by atoms with Gasteiger partial charge in [-0.3, -0.25) is 9.69 Å². The Labute approximate surface area is 191 Å². The van der Waals surface area contributed by atoms with Crippen LogP contribution in [-0.4, -0.2) is 47.9 Å². The van der Waals surface area contributed by atoms with Crippen molar-refractivity contribution < 1.29 is 18.4 Å². The average Bonchev–Trinajstić information content (AvgIpc) is 3.19. The van der Waals surface area contributed by atoms with Crippen LogP contribution in [0.25, 0.3) is 0 Å². The summed E-state index contributed by atoms with van der Waals surface area (Å²) in [5.41, 5.74) is 2.42. The molecule has 0 aliphatic carbocycles. The molecule has 1 fully saturated rings. The summed E-state index contributed by atoms with van der Waals surface area (Å²) in [4.78, 5) is 30.6. The van der Waals surface area contributed by atoms with Gasteiger partial charge >= 0.3 is 6.03 Å². The van der Waals surface area contributed by atoms with Crippen LogP contribution in [0.15, 0.2) is 78.9 Å². The van der Waals surface area contributed by atoms with Gasteiger partial charge in [0.05, 0.1) is 0 Å². The zero-order valence-corrected chi connectivity index (χ0v) is 18.2. The quantitative estimate of drug-likeness (QED) is 0.509. The molecule has 3 aromatic carbocycles. The minimum atomic E-state index is -1.01. The minimum absolute atomic E-state index is 0.0688. The van der Waals surface area contributed by atoms with Crippen molar-refractivity contribution >= 4 is 17.6 Å². The summed E-state index contributed by atoms with van der Waals surface area (Å²) in [7, 11) is 0. The molecule has 0 saturated carbocycles. The summed E-state index contributed by atoms with van der Waals surface area (Å²) in [5, 5.41) is 0. The van der Waals surface area contributed by atoms with E-state index in [2.05, 4.69) is 0 Å². The summed E-state index contributed by atoms with van der Waals surface area (Å²) in [5.74, 6) is -2.13. The predicted molar refractivity (Wildman–Crippen MR) is 123 cm³/mol. The number of nitrogens with zero attached hydrogens (tertiary/aromatic N) is 3. The van der Waals surface area contributed by atoms with E-state index in [9.17, 15) is 18.4 Å². The predicted octanol–water partition coefficient (Wildman–Crippen LogP) is 4.48. The van der Waals surface area contributed by atoms with Gasteiger partial charge in [-0.2, -0.15) is 0 Å². The van der Waals surface area contributed by atoms with Crippen LogP contribution in [0.5, 0.6) is 0 Å². The molecule has 0 unspecified atom stereocenters. The molecule has 0 N–H and O–H groups in total. The largest absolute Gasteiger partial charge is 0.337 e. The summed E-state index contributed by atoms with van der Waals surface area (Å²) in [6.45, 7) is 1.54. The van der Waals surface area contributed by atoms with Crippen molar-refractivity contribution in [1.82, 2.24) is 9.80 Å². The second-order valence-electron chi connectivity index (χ2n) is 7.99. The van der Waals surface area contributed by atoms with Gasteiger partial charge in [0.1, 0.15) is 6.54 Å². The van der Waals surface area contributed by atoms with Gasteiger partial charge in [0.25, 0.3) is 0 Å². The third-order valence-corrected chi connectivity index (χ3v) is 5.72. The first-order chi connectivity index (χ1) is 16.0. The van der Waals surface area contributed by atoms with Gasteiger partial charge in [0, 0.05) is 37.9 Å². The highest BCUT2D eigenvalue weighted by Crippen LogP contribution is 2.22.